The molecular formula is C13H18N2O4S2. The number of rotatable bonds is 3. The minimum Gasteiger partial charge on any atom is -0.494 e. The van der Waals surface area contributed by atoms with Gasteiger partial charge in [-0.2, -0.15) is 0 Å². The lowest BCUT2D eigenvalue weighted by atomic mass is 10.1. The summed E-state index contributed by atoms with van der Waals surface area (Å²) < 4.78 is 27.9. The van der Waals surface area contributed by atoms with Gasteiger partial charge in [-0.1, -0.05) is 13.8 Å². The van der Waals surface area contributed by atoms with Gasteiger partial charge in [-0.3, -0.25) is 4.79 Å². The Morgan fingerprint density at radius 2 is 2.00 bits per heavy atom. The first-order valence-corrected chi connectivity index (χ1v) is 9.02. The highest BCUT2D eigenvalue weighted by Gasteiger charge is 2.62. The summed E-state index contributed by atoms with van der Waals surface area (Å²) in [5.41, 5.74) is 0.329. The highest BCUT2D eigenvalue weighted by Crippen LogP contribution is 2.62. The van der Waals surface area contributed by atoms with Gasteiger partial charge in [0, 0.05) is 19.2 Å². The third-order valence-electron chi connectivity index (χ3n) is 4.76. The van der Waals surface area contributed by atoms with Gasteiger partial charge in [-0.25, -0.2) is 13.6 Å². The van der Waals surface area contributed by atoms with Gasteiger partial charge >= 0.3 is 0 Å². The van der Waals surface area contributed by atoms with Gasteiger partial charge in [0.15, 0.2) is 9.96 Å². The molecular weight excluding hydrogens is 312 g/mol. The van der Waals surface area contributed by atoms with Crippen molar-refractivity contribution in [2.75, 3.05) is 20.2 Å². The second-order valence-corrected chi connectivity index (χ2v) is 9.06. The van der Waals surface area contributed by atoms with Gasteiger partial charge in [-0.05, 0) is 17.3 Å². The number of hydrogen-bond acceptors (Lipinski definition) is 5. The molecule has 0 aromatic carbocycles. The number of likely N-dealkylation sites (tertiary alicyclic amines) is 1. The number of nitrogens with two attached hydrogens (primary N) is 1. The molecule has 1 aromatic heterocycles. The average Bonchev–Trinajstić information content (AvgIpc) is 2.89. The normalized spacial score (nSPS) is 26.6. The number of carbonyl (C=O) groups excluding carboxylic acids is 1. The van der Waals surface area contributed by atoms with Crippen molar-refractivity contribution in [1.82, 2.24) is 4.90 Å². The van der Waals surface area contributed by atoms with Crippen LogP contribution in [0.25, 0.3) is 0 Å². The molecule has 1 saturated heterocycles. The van der Waals surface area contributed by atoms with Crippen LogP contribution in [0.1, 0.15) is 23.5 Å². The van der Waals surface area contributed by atoms with Crippen molar-refractivity contribution in [3.63, 3.8) is 0 Å². The number of thiophene rings is 1. The number of nitrogens with zero attached hydrogens (tertiary/aromatic N) is 1. The zero-order chi connectivity index (χ0) is 15.6. The maximum Gasteiger partial charge on any atom is 0.264 e. The Hall–Kier alpha value is -1.12. The van der Waals surface area contributed by atoms with E-state index in [4.69, 9.17) is 9.88 Å². The number of ether oxygens (including phenoxy) is 1. The molecule has 2 aliphatic rings. The lowest BCUT2D eigenvalue weighted by Crippen LogP contribution is -2.32. The summed E-state index contributed by atoms with van der Waals surface area (Å²) in [6.45, 7) is 5.91. The van der Waals surface area contributed by atoms with Crippen LogP contribution >= 0.6 is 11.3 Å². The van der Waals surface area contributed by atoms with E-state index in [0.29, 0.717) is 22.1 Å². The summed E-state index contributed by atoms with van der Waals surface area (Å²) in [5.74, 6) is 1.11. The molecule has 1 aliphatic carbocycles. The number of methoxy groups -OCH3 is 1. The molecule has 2 unspecified atom stereocenters. The fourth-order valence-electron chi connectivity index (χ4n) is 3.26. The molecule has 1 aliphatic heterocycles. The largest absolute Gasteiger partial charge is 0.494 e. The first kappa shape index (κ1) is 14.8. The summed E-state index contributed by atoms with van der Waals surface area (Å²) in [5, 5.41) is 5.14. The number of carbonyl (C=O) groups is 1. The molecule has 2 fully saturated rings. The molecule has 116 valence electrons. The van der Waals surface area contributed by atoms with Crippen LogP contribution in [0.4, 0.5) is 0 Å². The minimum absolute atomic E-state index is 0.0990. The van der Waals surface area contributed by atoms with E-state index >= 15 is 0 Å². The van der Waals surface area contributed by atoms with E-state index < -0.39 is 10.0 Å². The van der Waals surface area contributed by atoms with E-state index in [1.54, 1.807) is 4.90 Å². The maximum atomic E-state index is 12.5. The Morgan fingerprint density at radius 3 is 2.43 bits per heavy atom. The van der Waals surface area contributed by atoms with E-state index in [0.717, 1.165) is 24.4 Å². The fourth-order valence-corrected chi connectivity index (χ4v) is 5.24. The van der Waals surface area contributed by atoms with Crippen molar-refractivity contribution >= 4 is 27.3 Å². The Kier molecular flexibility index (Phi) is 3.13. The molecule has 21 heavy (non-hydrogen) atoms. The number of amides is 1. The summed E-state index contributed by atoms with van der Waals surface area (Å²) >= 11 is 0.873. The molecule has 1 aromatic rings. The summed E-state index contributed by atoms with van der Waals surface area (Å²) in [6, 6.07) is 1.46. The topological polar surface area (TPSA) is 89.7 Å². The van der Waals surface area contributed by atoms with Gasteiger partial charge in [-0.15, -0.1) is 11.3 Å². The Labute approximate surface area is 127 Å². The summed E-state index contributed by atoms with van der Waals surface area (Å²) in [6.07, 6.45) is 0. The molecule has 6 nitrogen and oxygen atoms in total. The first-order valence-electron chi connectivity index (χ1n) is 6.66. The van der Waals surface area contributed by atoms with E-state index in [2.05, 4.69) is 13.8 Å². The van der Waals surface area contributed by atoms with E-state index in [-0.39, 0.29) is 15.9 Å². The molecule has 2 N–H and O–H groups in total. The minimum atomic E-state index is -3.88. The lowest BCUT2D eigenvalue weighted by molar-refractivity contribution is 0.0762. The van der Waals surface area contributed by atoms with Crippen LogP contribution in [0.5, 0.6) is 5.75 Å². The van der Waals surface area contributed by atoms with Crippen LogP contribution in [-0.4, -0.2) is 39.4 Å². The third-order valence-corrected chi connectivity index (χ3v) is 7.33. The standard InChI is InChI=1S/C13H18N2O4S2/c1-13(2)7-5-15(6-8(7)13)11(16)10-4-9(19-3)12(20-10)21(14,17)18/h4,7-8H,5-6H2,1-3H3,(H2,14,17,18). The summed E-state index contributed by atoms with van der Waals surface area (Å²) in [7, 11) is -2.52. The van der Waals surface area contributed by atoms with Gasteiger partial charge < -0.3 is 9.64 Å². The van der Waals surface area contributed by atoms with Crippen LogP contribution in [-0.2, 0) is 10.0 Å². The zero-order valence-electron chi connectivity index (χ0n) is 12.1. The van der Waals surface area contributed by atoms with Gasteiger partial charge in [0.2, 0.25) is 0 Å². The van der Waals surface area contributed by atoms with Crippen LogP contribution in [0.15, 0.2) is 10.3 Å². The second-order valence-electron chi connectivity index (χ2n) is 6.26. The van der Waals surface area contributed by atoms with E-state index in [1.165, 1.54) is 13.2 Å². The predicted molar refractivity (Wildman–Crippen MR) is 78.9 cm³/mol. The predicted octanol–water partition coefficient (Wildman–Crippen LogP) is 1.13. The van der Waals surface area contributed by atoms with Crippen LogP contribution in [0.2, 0.25) is 0 Å². The molecule has 0 spiro atoms. The molecule has 0 radical (unpaired) electrons. The SMILES string of the molecule is COc1cc(C(=O)N2CC3C(C2)C3(C)C)sc1S(N)(=O)=O. The monoisotopic (exact) mass is 330 g/mol. The highest BCUT2D eigenvalue weighted by atomic mass is 32.2. The average molecular weight is 330 g/mol. The molecule has 0 bridgehead atoms. The number of primary sulfonamides is 1. The third kappa shape index (κ3) is 2.25. The van der Waals surface area contributed by atoms with Crippen molar-refractivity contribution in [1.29, 1.82) is 0 Å². The number of piperidine rings is 1. The fraction of sp³-hybridized carbons (Fsp3) is 0.615. The maximum absolute atomic E-state index is 12.5. The Morgan fingerprint density at radius 1 is 1.43 bits per heavy atom. The van der Waals surface area contributed by atoms with Crippen molar-refractivity contribution in [2.24, 2.45) is 22.4 Å². The van der Waals surface area contributed by atoms with Gasteiger partial charge in [0.05, 0.1) is 12.0 Å². The molecule has 1 amide bonds. The molecule has 2 atom stereocenters. The van der Waals surface area contributed by atoms with Crippen molar-refractivity contribution < 1.29 is 17.9 Å². The highest BCUT2D eigenvalue weighted by molar-refractivity contribution is 7.91. The first-order chi connectivity index (χ1) is 9.66. The second kappa shape index (κ2) is 4.44. The summed E-state index contributed by atoms with van der Waals surface area (Å²) in [4.78, 5) is 14.6. The Bertz CT molecular complexity index is 694. The van der Waals surface area contributed by atoms with E-state index in [9.17, 15) is 13.2 Å². The number of sulfonamides is 1. The lowest BCUT2D eigenvalue weighted by Gasteiger charge is -2.21. The van der Waals surface area contributed by atoms with Crippen molar-refractivity contribution in [3.05, 3.63) is 10.9 Å². The molecule has 8 heteroatoms. The number of fused-ring (bicyclic) bond motifs is 1. The smallest absolute Gasteiger partial charge is 0.264 e. The quantitative estimate of drug-likeness (QED) is 0.899. The van der Waals surface area contributed by atoms with E-state index in [1.807, 2.05) is 0 Å². The molecule has 2 heterocycles. The molecule has 3 rings (SSSR count). The van der Waals surface area contributed by atoms with Crippen LogP contribution in [0.3, 0.4) is 0 Å². The Balaban J connectivity index is 1.82. The molecule has 1 saturated carbocycles. The zero-order valence-corrected chi connectivity index (χ0v) is 13.8. The number of hydrogen-bond donors (Lipinski definition) is 1. The van der Waals surface area contributed by atoms with Gasteiger partial charge in [0.1, 0.15) is 0 Å². The van der Waals surface area contributed by atoms with Crippen molar-refractivity contribution in [2.45, 2.75) is 18.1 Å². The van der Waals surface area contributed by atoms with Crippen molar-refractivity contribution in [3.8, 4) is 5.75 Å². The van der Waals surface area contributed by atoms with Crippen LogP contribution < -0.4 is 9.88 Å². The van der Waals surface area contributed by atoms with Crippen LogP contribution in [0, 0.1) is 17.3 Å². The van der Waals surface area contributed by atoms with Gasteiger partial charge in [0.25, 0.3) is 15.9 Å².